The third-order valence-electron chi connectivity index (χ3n) is 0.257. The number of rotatable bonds is 1. The maximum atomic E-state index is 4.81. The summed E-state index contributed by atoms with van der Waals surface area (Å²) in [7, 11) is 0. The third kappa shape index (κ3) is 4.87. The average Bonchev–Trinajstić information content (AvgIpc) is 1.38. The molecule has 0 bridgehead atoms. The first-order valence-corrected chi connectivity index (χ1v) is 5.85. The van der Waals surface area contributed by atoms with Gasteiger partial charge in [0.25, 0.3) is 0 Å². The van der Waals surface area contributed by atoms with Crippen LogP contribution in [0.5, 0.6) is 0 Å². The van der Waals surface area contributed by atoms with E-state index in [1.54, 1.807) is 11.4 Å². The normalized spacial score (nSPS) is 11.2. The smallest absolute Gasteiger partial charge is 0.0277 e. The summed E-state index contributed by atoms with van der Waals surface area (Å²) >= 11 is 6.57. The molecular weight excluding hydrogens is 119 g/mol. The molecule has 0 aromatic rings. The second-order valence-electron chi connectivity index (χ2n) is 0.622. The van der Waals surface area contributed by atoms with Crippen molar-refractivity contribution in [2.75, 3.05) is 12.9 Å². The highest BCUT2D eigenvalue weighted by Crippen LogP contribution is 2.29. The Morgan fingerprint density at radius 2 is 2.00 bits per heavy atom. The molecule has 0 saturated carbocycles. The zero-order valence-corrected chi connectivity index (χ0v) is 5.79. The van der Waals surface area contributed by atoms with E-state index in [-0.39, 0.29) is 5.90 Å². The van der Waals surface area contributed by atoms with Gasteiger partial charge in [0.2, 0.25) is 5.90 Å². The lowest BCUT2D eigenvalue weighted by Crippen LogP contribution is -1.33. The van der Waals surface area contributed by atoms with Crippen molar-refractivity contribution in [1.82, 2.24) is 0 Å². The molecule has 1 atom stereocenters. The fraction of sp³-hybridized carbons (Fsp3) is 1.00. The van der Waals surface area contributed by atoms with Crippen LogP contribution in [0.2, 0.25) is 0 Å². The summed E-state index contributed by atoms with van der Waals surface area (Å²) < 4.78 is 0. The maximum Gasteiger partial charge on any atom is 0.241 e. The first-order chi connectivity index (χ1) is 2.27. The molecule has 0 nitrogen and oxygen atoms in total. The van der Waals surface area contributed by atoms with E-state index in [1.165, 1.54) is 0 Å². The molecular formula is C2H6PS2+. The van der Waals surface area contributed by atoms with Crippen LogP contribution in [0, 0.1) is 0 Å². The van der Waals surface area contributed by atoms with Crippen molar-refractivity contribution in [2.24, 2.45) is 0 Å². The highest BCUT2D eigenvalue weighted by Gasteiger charge is 1.89. The summed E-state index contributed by atoms with van der Waals surface area (Å²) in [6.07, 6.45) is 2.04. The van der Waals surface area contributed by atoms with Gasteiger partial charge in [-0.1, -0.05) is 0 Å². The average molecular weight is 125 g/mol. The Kier molecular flexibility index (Phi) is 3.61. The van der Waals surface area contributed by atoms with Gasteiger partial charge in [0.05, 0.1) is 11.4 Å². The van der Waals surface area contributed by atoms with E-state index < -0.39 is 0 Å². The van der Waals surface area contributed by atoms with E-state index in [0.29, 0.717) is 0 Å². The van der Waals surface area contributed by atoms with E-state index in [1.807, 2.05) is 6.26 Å². The minimum absolute atomic E-state index is 0.0983. The first-order valence-electron chi connectivity index (χ1n) is 1.22. The van der Waals surface area contributed by atoms with Crippen LogP contribution in [0.1, 0.15) is 0 Å². The van der Waals surface area contributed by atoms with E-state index in [9.17, 15) is 0 Å². The maximum absolute atomic E-state index is 4.81. The van der Waals surface area contributed by atoms with Gasteiger partial charge in [-0.15, -0.1) is 0 Å². The highest BCUT2D eigenvalue weighted by atomic mass is 32.9. The molecule has 0 aromatic heterocycles. The minimum Gasteiger partial charge on any atom is 0.0277 e. The van der Waals surface area contributed by atoms with Crippen LogP contribution >= 0.6 is 17.3 Å². The molecule has 0 aliphatic carbocycles. The third-order valence-corrected chi connectivity index (χ3v) is 3.66. The molecule has 5 heavy (non-hydrogen) atoms. The van der Waals surface area contributed by atoms with E-state index in [0.717, 1.165) is 0 Å². The van der Waals surface area contributed by atoms with Gasteiger partial charge in [0.15, 0.2) is 11.8 Å². The molecule has 0 aliphatic heterocycles. The molecule has 0 spiro atoms. The van der Waals surface area contributed by atoms with Crippen molar-refractivity contribution in [3.63, 3.8) is 0 Å². The Morgan fingerprint density at radius 1 is 1.80 bits per heavy atom. The van der Waals surface area contributed by atoms with Gasteiger partial charge in [0.1, 0.15) is 6.66 Å². The van der Waals surface area contributed by atoms with E-state index in [4.69, 9.17) is 11.8 Å². The Morgan fingerprint density at radius 3 is 2.00 bits per heavy atom. The monoisotopic (exact) mass is 125 g/mol. The quantitative estimate of drug-likeness (QED) is 0.490. The molecule has 0 aromatic carbocycles. The summed E-state index contributed by atoms with van der Waals surface area (Å²) in [5, 5.41) is 0. The standard InChI is InChI=1S/C2H6PS2/c1-3(4)5-2/h1-2H3/q+1. The summed E-state index contributed by atoms with van der Waals surface area (Å²) in [6, 6.07) is 0. The van der Waals surface area contributed by atoms with Gasteiger partial charge in [-0.25, -0.2) is 0 Å². The van der Waals surface area contributed by atoms with Crippen LogP contribution in [0.25, 0.3) is 0 Å². The summed E-state index contributed by atoms with van der Waals surface area (Å²) in [6.45, 7) is 2.06. The lowest BCUT2D eigenvalue weighted by atomic mass is 12.0. The van der Waals surface area contributed by atoms with Crippen LogP contribution in [0.15, 0.2) is 0 Å². The predicted octanol–water partition coefficient (Wildman–Crippen LogP) is 1.84. The van der Waals surface area contributed by atoms with Gasteiger partial charge < -0.3 is 0 Å². The van der Waals surface area contributed by atoms with Crippen molar-refractivity contribution < 1.29 is 0 Å². The summed E-state index contributed by atoms with van der Waals surface area (Å²) in [5.74, 6) is -0.0983. The molecule has 0 rings (SSSR count). The van der Waals surface area contributed by atoms with Gasteiger partial charge in [0, 0.05) is 6.26 Å². The van der Waals surface area contributed by atoms with Crippen LogP contribution < -0.4 is 0 Å². The van der Waals surface area contributed by atoms with Crippen LogP contribution in [0.3, 0.4) is 0 Å². The van der Waals surface area contributed by atoms with Crippen molar-refractivity contribution in [2.45, 2.75) is 0 Å². The molecule has 30 valence electrons. The second kappa shape index (κ2) is 3.08. The van der Waals surface area contributed by atoms with Crippen LogP contribution in [-0.4, -0.2) is 12.9 Å². The molecule has 0 amide bonds. The Labute approximate surface area is 42.5 Å². The molecule has 0 saturated heterocycles. The lowest BCUT2D eigenvalue weighted by molar-refractivity contribution is 2.48. The van der Waals surface area contributed by atoms with Crippen LogP contribution in [0.4, 0.5) is 0 Å². The lowest BCUT2D eigenvalue weighted by Gasteiger charge is -1.58. The zero-order chi connectivity index (χ0) is 4.28. The van der Waals surface area contributed by atoms with E-state index >= 15 is 0 Å². The molecule has 3 heteroatoms. The van der Waals surface area contributed by atoms with Crippen molar-refractivity contribution >= 4 is 29.1 Å². The molecule has 0 aliphatic rings. The van der Waals surface area contributed by atoms with E-state index in [2.05, 4.69) is 6.66 Å². The first kappa shape index (κ1) is 5.87. The molecule has 0 fully saturated rings. The zero-order valence-electron chi connectivity index (χ0n) is 3.26. The Balaban J connectivity index is 2.85. The Bertz CT molecular complexity index is 42.9. The van der Waals surface area contributed by atoms with Gasteiger partial charge >= 0.3 is 0 Å². The fourth-order valence-corrected chi connectivity index (χ4v) is 0. The van der Waals surface area contributed by atoms with Crippen LogP contribution in [-0.2, 0) is 11.8 Å². The molecule has 1 unspecified atom stereocenters. The van der Waals surface area contributed by atoms with Gasteiger partial charge in [-0.05, 0) is 0 Å². The SMILES string of the molecule is CS[P+](C)=S. The van der Waals surface area contributed by atoms with Crippen molar-refractivity contribution in [3.8, 4) is 0 Å². The molecule has 0 radical (unpaired) electrons. The fourth-order valence-electron chi connectivity index (χ4n) is 0. The van der Waals surface area contributed by atoms with Gasteiger partial charge in [-0.2, -0.15) is 0 Å². The molecule has 0 N–H and O–H groups in total. The number of hydrogen-bond donors (Lipinski definition) is 0. The second-order valence-corrected chi connectivity index (χ2v) is 6.94. The Hall–Kier alpha value is 0.870. The molecule has 0 heterocycles. The topological polar surface area (TPSA) is 0 Å². The van der Waals surface area contributed by atoms with Crippen molar-refractivity contribution in [3.05, 3.63) is 0 Å². The van der Waals surface area contributed by atoms with Crippen molar-refractivity contribution in [1.29, 1.82) is 0 Å². The number of hydrogen-bond acceptors (Lipinski definition) is 2. The largest absolute Gasteiger partial charge is 0.241 e. The van der Waals surface area contributed by atoms with Gasteiger partial charge in [-0.3, -0.25) is 0 Å². The summed E-state index contributed by atoms with van der Waals surface area (Å²) in [4.78, 5) is 0. The minimum atomic E-state index is -0.0983. The highest BCUT2D eigenvalue weighted by molar-refractivity contribution is 8.63. The summed E-state index contributed by atoms with van der Waals surface area (Å²) in [5.41, 5.74) is 0. The predicted molar refractivity (Wildman–Crippen MR) is 33.7 cm³/mol.